The molecule has 8 heteroatoms. The van der Waals surface area contributed by atoms with E-state index in [1.54, 1.807) is 34.9 Å². The summed E-state index contributed by atoms with van der Waals surface area (Å²) in [7, 11) is 3.38. The third kappa shape index (κ3) is 10.3. The van der Waals surface area contributed by atoms with Gasteiger partial charge in [-0.3, -0.25) is 9.59 Å². The number of amides is 3. The van der Waals surface area contributed by atoms with Gasteiger partial charge in [0, 0.05) is 38.1 Å². The Bertz CT molecular complexity index is 665. The Labute approximate surface area is 181 Å². The van der Waals surface area contributed by atoms with Gasteiger partial charge in [-0.1, -0.05) is 28.1 Å². The highest BCUT2D eigenvalue weighted by atomic mass is 79.9. The van der Waals surface area contributed by atoms with E-state index in [-0.39, 0.29) is 5.91 Å². The molecule has 3 amide bonds. The molecule has 0 unspecified atom stereocenters. The molecule has 1 fully saturated rings. The molecule has 1 aromatic rings. The van der Waals surface area contributed by atoms with E-state index < -0.39 is 17.7 Å². The highest BCUT2D eigenvalue weighted by Gasteiger charge is 2.29. The number of benzene rings is 1. The number of rotatable bonds is 5. The number of carbonyl (C=O) groups excluding carboxylic acids is 3. The van der Waals surface area contributed by atoms with Gasteiger partial charge in [0.05, 0.1) is 0 Å². The van der Waals surface area contributed by atoms with Crippen molar-refractivity contribution < 1.29 is 19.1 Å². The van der Waals surface area contributed by atoms with Crippen molar-refractivity contribution in [2.24, 2.45) is 0 Å². The molecule has 2 rings (SSSR count). The van der Waals surface area contributed by atoms with Crippen LogP contribution in [0.2, 0.25) is 0 Å². The number of hydrogen-bond donors (Lipinski definition) is 1. The number of nitrogens with one attached hydrogen (secondary N) is 1. The molecule has 0 aliphatic carbocycles. The predicted octanol–water partition coefficient (Wildman–Crippen LogP) is 3.21. The molecule has 7 nitrogen and oxygen atoms in total. The summed E-state index contributed by atoms with van der Waals surface area (Å²) in [6.07, 6.45) is 2.67. The van der Waals surface area contributed by atoms with E-state index in [0.717, 1.165) is 42.4 Å². The van der Waals surface area contributed by atoms with Gasteiger partial charge in [-0.25, -0.2) is 4.79 Å². The van der Waals surface area contributed by atoms with Crippen LogP contribution in [-0.2, 0) is 20.7 Å². The van der Waals surface area contributed by atoms with Crippen molar-refractivity contribution in [1.29, 1.82) is 0 Å². The number of ether oxygens (including phenoxy) is 1. The second-order valence-corrected chi connectivity index (χ2v) is 9.05. The number of nitrogens with zero attached hydrogens (tertiary/aromatic N) is 2. The lowest BCUT2D eigenvalue weighted by molar-refractivity contribution is -0.132. The van der Waals surface area contributed by atoms with Gasteiger partial charge in [0.15, 0.2) is 0 Å². The molecule has 1 heterocycles. The Hall–Kier alpha value is -2.09. The summed E-state index contributed by atoms with van der Waals surface area (Å²) in [5.74, 6) is -0.0405. The number of hydrogen-bond acceptors (Lipinski definition) is 4. The van der Waals surface area contributed by atoms with Crippen LogP contribution in [-0.4, -0.2) is 67.0 Å². The van der Waals surface area contributed by atoms with Crippen LogP contribution in [0.15, 0.2) is 28.7 Å². The maximum atomic E-state index is 12.8. The van der Waals surface area contributed by atoms with Gasteiger partial charge in [0.25, 0.3) is 0 Å². The van der Waals surface area contributed by atoms with Crippen molar-refractivity contribution in [2.45, 2.75) is 51.7 Å². The summed E-state index contributed by atoms with van der Waals surface area (Å²) < 4.78 is 6.29. The number of likely N-dealkylation sites (tertiary alicyclic amines) is 1. The van der Waals surface area contributed by atoms with Gasteiger partial charge >= 0.3 is 6.09 Å². The van der Waals surface area contributed by atoms with E-state index in [0.29, 0.717) is 6.42 Å². The molecule has 0 saturated carbocycles. The molecular weight excluding hydrogens is 438 g/mol. The number of alkyl carbamates (subject to hydrolysis) is 1. The van der Waals surface area contributed by atoms with Gasteiger partial charge in [0.2, 0.25) is 12.3 Å². The average molecular weight is 470 g/mol. The van der Waals surface area contributed by atoms with Crippen molar-refractivity contribution in [3.05, 3.63) is 34.3 Å². The van der Waals surface area contributed by atoms with Crippen LogP contribution in [0.3, 0.4) is 0 Å². The van der Waals surface area contributed by atoms with Crippen LogP contribution < -0.4 is 5.32 Å². The predicted molar refractivity (Wildman–Crippen MR) is 117 cm³/mol. The van der Waals surface area contributed by atoms with Crippen LogP contribution >= 0.6 is 15.9 Å². The van der Waals surface area contributed by atoms with Gasteiger partial charge in [-0.15, -0.1) is 0 Å². The molecule has 1 atom stereocenters. The lowest BCUT2D eigenvalue weighted by atomic mass is 10.0. The van der Waals surface area contributed by atoms with Crippen molar-refractivity contribution in [3.63, 3.8) is 0 Å². The quantitative estimate of drug-likeness (QED) is 0.671. The van der Waals surface area contributed by atoms with Gasteiger partial charge in [-0.05, 0) is 51.3 Å². The second-order valence-electron chi connectivity index (χ2n) is 8.13. The van der Waals surface area contributed by atoms with Crippen LogP contribution in [0.5, 0.6) is 0 Å². The summed E-state index contributed by atoms with van der Waals surface area (Å²) >= 11 is 3.40. The molecule has 1 saturated heterocycles. The average Bonchev–Trinajstić information content (AvgIpc) is 3.16. The summed E-state index contributed by atoms with van der Waals surface area (Å²) in [6, 6.07) is 7.15. The number of halogens is 1. The topological polar surface area (TPSA) is 79.0 Å². The van der Waals surface area contributed by atoms with Gasteiger partial charge < -0.3 is 19.9 Å². The van der Waals surface area contributed by atoms with Gasteiger partial charge in [-0.2, -0.15) is 0 Å². The summed E-state index contributed by atoms with van der Waals surface area (Å²) in [6.45, 7) is 6.92. The molecule has 1 aliphatic rings. The van der Waals surface area contributed by atoms with E-state index in [9.17, 15) is 14.4 Å². The third-order valence-corrected chi connectivity index (χ3v) is 4.50. The molecule has 162 valence electrons. The van der Waals surface area contributed by atoms with E-state index in [4.69, 9.17) is 4.74 Å². The maximum absolute atomic E-state index is 12.8. The zero-order valence-corrected chi connectivity index (χ0v) is 19.5. The maximum Gasteiger partial charge on any atom is 0.408 e. The van der Waals surface area contributed by atoms with Gasteiger partial charge in [0.1, 0.15) is 11.6 Å². The standard InChI is InChI=1S/C18H25BrN2O3.C3H7NO/c1-18(2,3)24-17(23)20-15(16(22)21-10-4-5-11-21)12-13-6-8-14(19)9-7-13;1-4(2)3-5/h6-9,15H,4-5,10-12H2,1-3H3,(H,20,23);3H,1-2H3/t15-;/m0./s1. The first-order valence-corrected chi connectivity index (χ1v) is 10.5. The lowest BCUT2D eigenvalue weighted by Gasteiger charge is -2.26. The Balaban J connectivity index is 0.000000749. The highest BCUT2D eigenvalue weighted by Crippen LogP contribution is 2.15. The Kier molecular flexibility index (Phi) is 10.2. The van der Waals surface area contributed by atoms with Crippen molar-refractivity contribution in [2.75, 3.05) is 27.2 Å². The Morgan fingerprint density at radius 2 is 1.72 bits per heavy atom. The fourth-order valence-electron chi connectivity index (χ4n) is 2.66. The molecule has 0 radical (unpaired) electrons. The fraction of sp³-hybridized carbons (Fsp3) is 0.571. The fourth-order valence-corrected chi connectivity index (χ4v) is 2.93. The minimum Gasteiger partial charge on any atom is -0.444 e. The van der Waals surface area contributed by atoms with Crippen molar-refractivity contribution in [3.8, 4) is 0 Å². The monoisotopic (exact) mass is 469 g/mol. The second kappa shape index (κ2) is 11.8. The molecular formula is C21H32BrN3O4. The van der Waals surface area contributed by atoms with Crippen LogP contribution in [0.1, 0.15) is 39.2 Å². The van der Waals surface area contributed by atoms with E-state index in [1.165, 1.54) is 4.90 Å². The first-order chi connectivity index (χ1) is 13.5. The Morgan fingerprint density at radius 1 is 1.21 bits per heavy atom. The van der Waals surface area contributed by atoms with E-state index in [1.807, 2.05) is 29.2 Å². The minimum atomic E-state index is -0.612. The third-order valence-electron chi connectivity index (χ3n) is 3.97. The van der Waals surface area contributed by atoms with Crippen LogP contribution in [0, 0.1) is 0 Å². The summed E-state index contributed by atoms with van der Waals surface area (Å²) in [5.41, 5.74) is 0.398. The molecule has 1 N–H and O–H groups in total. The molecule has 0 bridgehead atoms. The SMILES string of the molecule is CC(C)(C)OC(=O)N[C@@H](Cc1ccc(Br)cc1)C(=O)N1CCCC1.CN(C)C=O. The van der Waals surface area contributed by atoms with Crippen molar-refractivity contribution in [1.82, 2.24) is 15.1 Å². The van der Waals surface area contributed by atoms with E-state index >= 15 is 0 Å². The highest BCUT2D eigenvalue weighted by molar-refractivity contribution is 9.10. The molecule has 1 aliphatic heterocycles. The summed E-state index contributed by atoms with van der Waals surface area (Å²) in [4.78, 5) is 37.6. The molecule has 0 spiro atoms. The zero-order valence-electron chi connectivity index (χ0n) is 17.9. The minimum absolute atomic E-state index is 0.0405. The zero-order chi connectivity index (χ0) is 22.0. The largest absolute Gasteiger partial charge is 0.444 e. The van der Waals surface area contributed by atoms with Crippen LogP contribution in [0.25, 0.3) is 0 Å². The first kappa shape index (κ1) is 24.9. The van der Waals surface area contributed by atoms with Crippen molar-refractivity contribution >= 4 is 34.3 Å². The number of carbonyl (C=O) groups is 3. The summed E-state index contributed by atoms with van der Waals surface area (Å²) in [5, 5.41) is 2.75. The molecule has 29 heavy (non-hydrogen) atoms. The van der Waals surface area contributed by atoms with E-state index in [2.05, 4.69) is 21.2 Å². The molecule has 0 aromatic heterocycles. The lowest BCUT2D eigenvalue weighted by Crippen LogP contribution is -2.50. The molecule has 1 aromatic carbocycles. The smallest absolute Gasteiger partial charge is 0.408 e. The van der Waals surface area contributed by atoms with Crippen LogP contribution in [0.4, 0.5) is 4.79 Å². The normalized spacial score (nSPS) is 14.3. The Morgan fingerprint density at radius 3 is 2.17 bits per heavy atom. The first-order valence-electron chi connectivity index (χ1n) is 9.66.